The van der Waals surface area contributed by atoms with Crippen molar-refractivity contribution in [1.29, 1.82) is 0 Å². The van der Waals surface area contributed by atoms with E-state index in [0.717, 1.165) is 24.5 Å². The first kappa shape index (κ1) is 16.1. The fourth-order valence-electron chi connectivity index (χ4n) is 2.75. The normalized spacial score (nSPS) is 14.9. The highest BCUT2D eigenvalue weighted by atomic mass is 16.2. The maximum atomic E-state index is 12.2. The van der Waals surface area contributed by atoms with Crippen LogP contribution in [-0.4, -0.2) is 42.1 Å². The van der Waals surface area contributed by atoms with Crippen LogP contribution in [0.2, 0.25) is 0 Å². The minimum absolute atomic E-state index is 0.0551. The number of rotatable bonds is 3. The number of hydrogen-bond donors (Lipinski definition) is 1. The van der Waals surface area contributed by atoms with Gasteiger partial charge in [0, 0.05) is 38.6 Å². The van der Waals surface area contributed by atoms with Gasteiger partial charge in [0.25, 0.3) is 0 Å². The van der Waals surface area contributed by atoms with Gasteiger partial charge in [-0.3, -0.25) is 0 Å². The summed E-state index contributed by atoms with van der Waals surface area (Å²) in [5.41, 5.74) is 2.30. The molecule has 5 nitrogen and oxygen atoms in total. The van der Waals surface area contributed by atoms with E-state index in [1.54, 1.807) is 12.4 Å². The molecule has 1 saturated heterocycles. The van der Waals surface area contributed by atoms with E-state index in [2.05, 4.69) is 28.2 Å². The second-order valence-electron chi connectivity index (χ2n) is 5.80. The van der Waals surface area contributed by atoms with Gasteiger partial charge in [0.2, 0.25) is 0 Å². The average molecular weight is 322 g/mol. The number of urea groups is 1. The Morgan fingerprint density at radius 3 is 2.54 bits per heavy atom. The van der Waals surface area contributed by atoms with Gasteiger partial charge in [0.1, 0.15) is 5.82 Å². The summed E-state index contributed by atoms with van der Waals surface area (Å²) in [5, 5.41) is 2.85. The van der Waals surface area contributed by atoms with Gasteiger partial charge >= 0.3 is 6.03 Å². The second kappa shape index (κ2) is 7.64. The molecule has 3 rings (SSSR count). The van der Waals surface area contributed by atoms with Crippen LogP contribution in [0.15, 0.2) is 54.9 Å². The van der Waals surface area contributed by atoms with Gasteiger partial charge < -0.3 is 15.1 Å². The van der Waals surface area contributed by atoms with Crippen molar-refractivity contribution in [2.75, 3.05) is 31.1 Å². The van der Waals surface area contributed by atoms with E-state index in [9.17, 15) is 4.79 Å². The van der Waals surface area contributed by atoms with E-state index in [0.29, 0.717) is 13.1 Å². The molecule has 0 unspecified atom stereocenters. The summed E-state index contributed by atoms with van der Waals surface area (Å²) in [7, 11) is 0. The molecule has 1 aromatic carbocycles. The number of amides is 2. The van der Waals surface area contributed by atoms with Crippen LogP contribution in [0, 0.1) is 6.92 Å². The first-order valence-corrected chi connectivity index (χ1v) is 8.17. The van der Waals surface area contributed by atoms with Gasteiger partial charge in [-0.25, -0.2) is 9.78 Å². The third kappa shape index (κ3) is 3.93. The predicted molar refractivity (Wildman–Crippen MR) is 96.8 cm³/mol. The fourth-order valence-corrected chi connectivity index (χ4v) is 2.75. The zero-order valence-corrected chi connectivity index (χ0v) is 13.9. The van der Waals surface area contributed by atoms with Gasteiger partial charge in [0.05, 0.1) is 0 Å². The number of nitrogens with one attached hydrogen (secondary N) is 1. The molecule has 0 radical (unpaired) electrons. The molecule has 0 atom stereocenters. The maximum Gasteiger partial charge on any atom is 0.321 e. The smallest absolute Gasteiger partial charge is 0.321 e. The van der Waals surface area contributed by atoms with Crippen molar-refractivity contribution in [2.24, 2.45) is 0 Å². The molecule has 2 aromatic rings. The Balaban J connectivity index is 1.50. The molecule has 2 heterocycles. The number of pyridine rings is 1. The lowest BCUT2D eigenvalue weighted by atomic mass is 10.1. The van der Waals surface area contributed by atoms with Crippen LogP contribution in [0.3, 0.4) is 0 Å². The molecule has 1 fully saturated rings. The zero-order chi connectivity index (χ0) is 16.8. The van der Waals surface area contributed by atoms with Crippen LogP contribution >= 0.6 is 0 Å². The Hall–Kier alpha value is -2.82. The quantitative estimate of drug-likeness (QED) is 0.945. The van der Waals surface area contributed by atoms with Gasteiger partial charge in [-0.2, -0.15) is 0 Å². The van der Waals surface area contributed by atoms with Crippen molar-refractivity contribution in [3.63, 3.8) is 0 Å². The van der Waals surface area contributed by atoms with E-state index in [1.807, 2.05) is 47.4 Å². The highest BCUT2D eigenvalue weighted by Crippen LogP contribution is 2.12. The molecule has 0 spiro atoms. The van der Waals surface area contributed by atoms with E-state index in [-0.39, 0.29) is 6.03 Å². The van der Waals surface area contributed by atoms with Crippen LogP contribution in [0.4, 0.5) is 10.6 Å². The number of aryl methyl sites for hydroxylation is 1. The second-order valence-corrected chi connectivity index (χ2v) is 5.80. The minimum Gasteiger partial charge on any atom is -0.353 e. The number of benzene rings is 1. The number of hydrogen-bond acceptors (Lipinski definition) is 3. The third-order valence-corrected chi connectivity index (χ3v) is 4.20. The summed E-state index contributed by atoms with van der Waals surface area (Å²) in [6.07, 6.45) is 5.44. The van der Waals surface area contributed by atoms with Crippen LogP contribution in [0.1, 0.15) is 11.1 Å². The molecule has 1 aromatic heterocycles. The summed E-state index contributed by atoms with van der Waals surface area (Å²) in [6, 6.07) is 13.9. The summed E-state index contributed by atoms with van der Waals surface area (Å²) in [5.74, 6) is 0.969. The average Bonchev–Trinajstić information content (AvgIpc) is 2.64. The molecule has 0 bridgehead atoms. The standard InChI is InChI=1S/C19H22N4O/c1-16-6-2-3-7-17(16)9-11-21-19(24)23-14-12-22(13-15-23)18-8-4-5-10-20-18/h2-11H,12-15H2,1H3,(H,21,24)/b11-9+. The van der Waals surface area contributed by atoms with E-state index < -0.39 is 0 Å². The highest BCUT2D eigenvalue weighted by Gasteiger charge is 2.20. The lowest BCUT2D eigenvalue weighted by Crippen LogP contribution is -2.51. The number of nitrogens with zero attached hydrogens (tertiary/aromatic N) is 3. The number of carbonyl (C=O) groups excluding carboxylic acids is 1. The van der Waals surface area contributed by atoms with E-state index in [1.165, 1.54) is 5.56 Å². The number of piperazine rings is 1. The molecule has 1 N–H and O–H groups in total. The number of carbonyl (C=O) groups is 1. The topological polar surface area (TPSA) is 48.5 Å². The molecule has 24 heavy (non-hydrogen) atoms. The van der Waals surface area contributed by atoms with Crippen molar-refractivity contribution in [2.45, 2.75) is 6.92 Å². The Labute approximate surface area is 142 Å². The van der Waals surface area contributed by atoms with Gasteiger partial charge in [0.15, 0.2) is 0 Å². The van der Waals surface area contributed by atoms with Gasteiger partial charge in [-0.1, -0.05) is 30.3 Å². The number of anilines is 1. The summed E-state index contributed by atoms with van der Waals surface area (Å²) in [6.45, 7) is 5.04. The largest absolute Gasteiger partial charge is 0.353 e. The predicted octanol–water partition coefficient (Wildman–Crippen LogP) is 2.89. The van der Waals surface area contributed by atoms with Crippen LogP contribution in [0.5, 0.6) is 0 Å². The summed E-state index contributed by atoms with van der Waals surface area (Å²) >= 11 is 0. The molecule has 1 aliphatic rings. The highest BCUT2D eigenvalue weighted by molar-refractivity contribution is 5.76. The summed E-state index contributed by atoms with van der Waals surface area (Å²) in [4.78, 5) is 20.6. The fraction of sp³-hybridized carbons (Fsp3) is 0.263. The third-order valence-electron chi connectivity index (χ3n) is 4.20. The molecule has 5 heteroatoms. The molecule has 0 aliphatic carbocycles. The zero-order valence-electron chi connectivity index (χ0n) is 13.9. The first-order chi connectivity index (χ1) is 11.7. The monoisotopic (exact) mass is 322 g/mol. The summed E-state index contributed by atoms with van der Waals surface area (Å²) < 4.78 is 0. The minimum atomic E-state index is -0.0551. The molecular weight excluding hydrogens is 300 g/mol. The van der Waals surface area contributed by atoms with Gasteiger partial charge in [-0.15, -0.1) is 0 Å². The van der Waals surface area contributed by atoms with E-state index >= 15 is 0 Å². The van der Waals surface area contributed by atoms with Crippen molar-refractivity contribution in [1.82, 2.24) is 15.2 Å². The van der Waals surface area contributed by atoms with Crippen molar-refractivity contribution in [3.05, 3.63) is 66.0 Å². The molecule has 2 amide bonds. The van der Waals surface area contributed by atoms with Crippen LogP contribution in [0.25, 0.3) is 6.08 Å². The SMILES string of the molecule is Cc1ccccc1/C=C/NC(=O)N1CCN(c2ccccn2)CC1. The Bertz CT molecular complexity index is 706. The lowest BCUT2D eigenvalue weighted by molar-refractivity contribution is 0.198. The maximum absolute atomic E-state index is 12.2. The molecular formula is C19H22N4O. The van der Waals surface area contributed by atoms with Crippen molar-refractivity contribution in [3.8, 4) is 0 Å². The van der Waals surface area contributed by atoms with Crippen molar-refractivity contribution < 1.29 is 4.79 Å². The Morgan fingerprint density at radius 2 is 1.83 bits per heavy atom. The molecule has 0 saturated carbocycles. The lowest BCUT2D eigenvalue weighted by Gasteiger charge is -2.35. The Morgan fingerprint density at radius 1 is 1.08 bits per heavy atom. The van der Waals surface area contributed by atoms with Crippen LogP contribution in [-0.2, 0) is 0 Å². The van der Waals surface area contributed by atoms with E-state index in [4.69, 9.17) is 0 Å². The first-order valence-electron chi connectivity index (χ1n) is 8.17. The van der Waals surface area contributed by atoms with Gasteiger partial charge in [-0.05, 0) is 36.3 Å². The number of aromatic nitrogens is 1. The Kier molecular flexibility index (Phi) is 5.11. The van der Waals surface area contributed by atoms with Crippen molar-refractivity contribution >= 4 is 17.9 Å². The molecule has 1 aliphatic heterocycles. The molecule has 124 valence electrons. The van der Waals surface area contributed by atoms with Crippen LogP contribution < -0.4 is 10.2 Å².